The van der Waals surface area contributed by atoms with Gasteiger partial charge in [-0.1, -0.05) is 0 Å². The summed E-state index contributed by atoms with van der Waals surface area (Å²) in [5, 5.41) is 10.0. The SMILES string of the molecule is N#Cc1ccc(NNP(=O)(O)O)c(F)c1. The lowest BCUT2D eigenvalue weighted by molar-refractivity contribution is 0.362. The van der Waals surface area contributed by atoms with Crippen LogP contribution in [0.15, 0.2) is 18.2 Å². The summed E-state index contributed by atoms with van der Waals surface area (Å²) in [5.41, 5.74) is 1.97. The number of rotatable bonds is 3. The van der Waals surface area contributed by atoms with E-state index in [2.05, 4.69) is 0 Å². The van der Waals surface area contributed by atoms with Crippen molar-refractivity contribution in [1.29, 1.82) is 5.26 Å². The van der Waals surface area contributed by atoms with Gasteiger partial charge in [0.1, 0.15) is 5.82 Å². The minimum Gasteiger partial charge on any atom is -0.311 e. The lowest BCUT2D eigenvalue weighted by Crippen LogP contribution is -2.18. The van der Waals surface area contributed by atoms with Crippen molar-refractivity contribution in [1.82, 2.24) is 5.20 Å². The molecule has 1 rings (SSSR count). The zero-order chi connectivity index (χ0) is 11.5. The van der Waals surface area contributed by atoms with Crippen LogP contribution >= 0.6 is 7.75 Å². The Labute approximate surface area is 84.5 Å². The molecule has 0 bridgehead atoms. The maximum Gasteiger partial charge on any atom is 0.417 e. The molecule has 15 heavy (non-hydrogen) atoms. The van der Waals surface area contributed by atoms with Crippen molar-refractivity contribution in [3.05, 3.63) is 29.6 Å². The highest BCUT2D eigenvalue weighted by atomic mass is 31.2. The molecule has 0 aliphatic carbocycles. The van der Waals surface area contributed by atoms with Crippen molar-refractivity contribution in [2.24, 2.45) is 0 Å². The van der Waals surface area contributed by atoms with Gasteiger partial charge in [0, 0.05) is 0 Å². The molecule has 1 aromatic carbocycles. The Morgan fingerprint density at radius 1 is 1.47 bits per heavy atom. The van der Waals surface area contributed by atoms with Gasteiger partial charge in [-0.25, -0.2) is 8.96 Å². The van der Waals surface area contributed by atoms with E-state index in [1.54, 1.807) is 11.3 Å². The molecular formula is C7H7FN3O3P. The van der Waals surface area contributed by atoms with Gasteiger partial charge < -0.3 is 15.2 Å². The molecule has 1 aromatic rings. The molecule has 0 heterocycles. The van der Waals surface area contributed by atoms with E-state index in [1.807, 2.05) is 5.43 Å². The predicted octanol–water partition coefficient (Wildman–Crippen LogP) is 0.707. The van der Waals surface area contributed by atoms with Gasteiger partial charge in [0.15, 0.2) is 0 Å². The van der Waals surface area contributed by atoms with E-state index in [1.165, 1.54) is 12.1 Å². The third-order valence-electron chi connectivity index (χ3n) is 1.43. The van der Waals surface area contributed by atoms with Crippen LogP contribution in [0.1, 0.15) is 5.56 Å². The van der Waals surface area contributed by atoms with E-state index < -0.39 is 13.6 Å². The predicted molar refractivity (Wildman–Crippen MR) is 49.9 cm³/mol. The van der Waals surface area contributed by atoms with Crippen molar-refractivity contribution in [3.63, 3.8) is 0 Å². The molecule has 0 atom stereocenters. The summed E-state index contributed by atoms with van der Waals surface area (Å²) in [7, 11) is -4.46. The minimum absolute atomic E-state index is 0.120. The standard InChI is InChI=1S/C7H7FN3O3P/c8-6-3-5(4-9)1-2-7(6)10-11-15(12,13)14/h1-3,10H,(H3,11,12,13,14). The molecule has 80 valence electrons. The molecule has 0 spiro atoms. The average molecular weight is 231 g/mol. The molecular weight excluding hydrogens is 224 g/mol. The number of nitrogens with zero attached hydrogens (tertiary/aromatic N) is 1. The monoisotopic (exact) mass is 231 g/mol. The fourth-order valence-corrected chi connectivity index (χ4v) is 1.09. The fraction of sp³-hybridized carbons (Fsp3) is 0. The molecule has 0 unspecified atom stereocenters. The normalized spacial score (nSPS) is 10.8. The van der Waals surface area contributed by atoms with E-state index in [0.717, 1.165) is 6.07 Å². The zero-order valence-electron chi connectivity index (χ0n) is 7.31. The molecule has 6 nitrogen and oxygen atoms in total. The van der Waals surface area contributed by atoms with Crippen LogP contribution in [0.4, 0.5) is 10.1 Å². The Bertz CT molecular complexity index is 453. The molecule has 0 saturated heterocycles. The molecule has 0 saturated carbocycles. The Hall–Kier alpha value is -1.45. The van der Waals surface area contributed by atoms with Crippen LogP contribution < -0.4 is 10.6 Å². The summed E-state index contributed by atoms with van der Waals surface area (Å²) in [5.74, 6) is -0.782. The molecule has 0 aliphatic heterocycles. The maximum atomic E-state index is 13.1. The second kappa shape index (κ2) is 4.38. The van der Waals surface area contributed by atoms with Crippen molar-refractivity contribution < 1.29 is 18.7 Å². The first-order valence-corrected chi connectivity index (χ1v) is 5.32. The first-order chi connectivity index (χ1) is 6.92. The van der Waals surface area contributed by atoms with Crippen LogP contribution in [-0.4, -0.2) is 9.79 Å². The number of benzene rings is 1. The smallest absolute Gasteiger partial charge is 0.311 e. The molecule has 0 aromatic heterocycles. The van der Waals surface area contributed by atoms with Crippen molar-refractivity contribution in [2.75, 3.05) is 5.43 Å². The number of hydrogen-bond acceptors (Lipinski definition) is 3. The molecule has 0 amide bonds. The topological polar surface area (TPSA) is 105 Å². The first-order valence-electron chi connectivity index (χ1n) is 3.71. The summed E-state index contributed by atoms with van der Waals surface area (Å²) < 4.78 is 23.5. The zero-order valence-corrected chi connectivity index (χ0v) is 8.20. The number of halogens is 1. The lowest BCUT2D eigenvalue weighted by Gasteiger charge is -2.09. The minimum atomic E-state index is -4.46. The van der Waals surface area contributed by atoms with Gasteiger partial charge in [-0.05, 0) is 18.2 Å². The van der Waals surface area contributed by atoms with E-state index in [-0.39, 0.29) is 11.3 Å². The summed E-state index contributed by atoms with van der Waals surface area (Å²) in [6, 6.07) is 5.18. The van der Waals surface area contributed by atoms with E-state index in [9.17, 15) is 8.96 Å². The Morgan fingerprint density at radius 2 is 2.13 bits per heavy atom. The van der Waals surface area contributed by atoms with Gasteiger partial charge in [0.2, 0.25) is 0 Å². The summed E-state index contributed by atoms with van der Waals surface area (Å²) >= 11 is 0. The highest BCUT2D eigenvalue weighted by Crippen LogP contribution is 2.28. The number of nitriles is 1. The Morgan fingerprint density at radius 3 is 2.60 bits per heavy atom. The molecule has 8 heteroatoms. The van der Waals surface area contributed by atoms with Gasteiger partial charge in [-0.2, -0.15) is 5.26 Å². The second-order valence-electron chi connectivity index (χ2n) is 2.59. The van der Waals surface area contributed by atoms with Gasteiger partial charge in [0.05, 0.1) is 17.3 Å². The van der Waals surface area contributed by atoms with Crippen molar-refractivity contribution >= 4 is 13.4 Å². The van der Waals surface area contributed by atoms with Crippen LogP contribution in [0, 0.1) is 17.1 Å². The van der Waals surface area contributed by atoms with Crippen molar-refractivity contribution in [3.8, 4) is 6.07 Å². The van der Waals surface area contributed by atoms with Gasteiger partial charge >= 0.3 is 7.75 Å². The largest absolute Gasteiger partial charge is 0.417 e. The average Bonchev–Trinajstić information content (AvgIpc) is 2.14. The van der Waals surface area contributed by atoms with Crippen molar-refractivity contribution in [2.45, 2.75) is 0 Å². The lowest BCUT2D eigenvalue weighted by atomic mass is 10.2. The number of hydrazine groups is 1. The van der Waals surface area contributed by atoms with Gasteiger partial charge in [-0.15, -0.1) is 5.20 Å². The van der Waals surface area contributed by atoms with E-state index in [0.29, 0.717) is 0 Å². The highest BCUT2D eigenvalue weighted by Gasteiger charge is 2.12. The summed E-state index contributed by atoms with van der Waals surface area (Å²) in [4.78, 5) is 16.9. The van der Waals surface area contributed by atoms with Gasteiger partial charge in [0.25, 0.3) is 0 Å². The highest BCUT2D eigenvalue weighted by molar-refractivity contribution is 7.49. The second-order valence-corrected chi connectivity index (χ2v) is 3.90. The third-order valence-corrected chi connectivity index (χ3v) is 1.84. The quantitative estimate of drug-likeness (QED) is 0.451. The van der Waals surface area contributed by atoms with E-state index >= 15 is 0 Å². The third kappa shape index (κ3) is 3.65. The Balaban J connectivity index is 2.80. The number of nitrogens with one attached hydrogen (secondary N) is 2. The van der Waals surface area contributed by atoms with Gasteiger partial charge in [-0.3, -0.25) is 0 Å². The maximum absolute atomic E-state index is 13.1. The van der Waals surface area contributed by atoms with Crippen LogP contribution in [-0.2, 0) is 4.57 Å². The van der Waals surface area contributed by atoms with Crippen LogP contribution in [0.5, 0.6) is 0 Å². The number of hydrogen-bond donors (Lipinski definition) is 4. The molecule has 0 aliphatic rings. The summed E-state index contributed by atoms with van der Waals surface area (Å²) in [6.07, 6.45) is 0. The van der Waals surface area contributed by atoms with Crippen LogP contribution in [0.25, 0.3) is 0 Å². The first kappa shape index (κ1) is 11.6. The Kier molecular flexibility index (Phi) is 3.39. The summed E-state index contributed by atoms with van der Waals surface area (Å²) in [6.45, 7) is 0. The van der Waals surface area contributed by atoms with Crippen LogP contribution in [0.2, 0.25) is 0 Å². The molecule has 4 N–H and O–H groups in total. The van der Waals surface area contributed by atoms with Crippen LogP contribution in [0.3, 0.4) is 0 Å². The molecule has 0 fully saturated rings. The number of anilines is 1. The van der Waals surface area contributed by atoms with E-state index in [4.69, 9.17) is 15.0 Å². The fourth-order valence-electron chi connectivity index (χ4n) is 0.819. The molecule has 0 radical (unpaired) electrons.